The van der Waals surface area contributed by atoms with E-state index in [1.807, 2.05) is 30.3 Å². The topological polar surface area (TPSA) is 56.1 Å². The number of carbonyl (C=O) groups is 1. The zero-order valence-corrected chi connectivity index (χ0v) is 12.4. The van der Waals surface area contributed by atoms with E-state index in [2.05, 4.69) is 10.4 Å². The Balaban J connectivity index is 1.76. The molecule has 1 N–H and O–H groups in total. The number of nitrogens with one attached hydrogen (secondary N) is 1. The number of methoxy groups -OCH3 is 1. The molecule has 0 unspecified atom stereocenters. The van der Waals surface area contributed by atoms with E-state index in [0.29, 0.717) is 5.69 Å². The summed E-state index contributed by atoms with van der Waals surface area (Å²) in [5.41, 5.74) is 1.61. The number of hydrogen-bond acceptors (Lipinski definition) is 3. The van der Waals surface area contributed by atoms with Crippen LogP contribution in [-0.2, 0) is 0 Å². The molecule has 0 aliphatic carbocycles. The van der Waals surface area contributed by atoms with Gasteiger partial charge in [0.2, 0.25) is 0 Å². The van der Waals surface area contributed by atoms with Gasteiger partial charge in [-0.2, -0.15) is 5.10 Å². The van der Waals surface area contributed by atoms with Gasteiger partial charge in [0.05, 0.1) is 30.9 Å². The van der Waals surface area contributed by atoms with Crippen LogP contribution in [-0.4, -0.2) is 22.8 Å². The second-order valence-corrected chi connectivity index (χ2v) is 4.81. The third-order valence-electron chi connectivity index (χ3n) is 3.28. The standard InChI is InChI=1S/C17H14FN3O2/c1-23-16-8-7-12(9-15(16)18)17(22)20-13-10-19-21(11-13)14-5-3-2-4-6-14/h2-11H,1H3,(H,20,22). The molecule has 0 aliphatic rings. The smallest absolute Gasteiger partial charge is 0.255 e. The van der Waals surface area contributed by atoms with Gasteiger partial charge >= 0.3 is 0 Å². The van der Waals surface area contributed by atoms with Crippen molar-refractivity contribution in [3.63, 3.8) is 0 Å². The maximum atomic E-state index is 13.7. The van der Waals surface area contributed by atoms with E-state index in [-0.39, 0.29) is 11.3 Å². The molecule has 116 valence electrons. The highest BCUT2D eigenvalue weighted by molar-refractivity contribution is 6.04. The van der Waals surface area contributed by atoms with Crippen molar-refractivity contribution in [1.82, 2.24) is 9.78 Å². The normalized spacial score (nSPS) is 10.3. The van der Waals surface area contributed by atoms with Crippen LogP contribution in [0.25, 0.3) is 5.69 Å². The van der Waals surface area contributed by atoms with Crippen molar-refractivity contribution in [3.8, 4) is 11.4 Å². The van der Waals surface area contributed by atoms with E-state index in [1.54, 1.807) is 10.9 Å². The first-order valence-corrected chi connectivity index (χ1v) is 6.92. The Morgan fingerprint density at radius 1 is 1.22 bits per heavy atom. The Labute approximate surface area is 132 Å². The number of halogens is 1. The number of rotatable bonds is 4. The van der Waals surface area contributed by atoms with Gasteiger partial charge in [0, 0.05) is 5.56 Å². The van der Waals surface area contributed by atoms with Crippen LogP contribution in [0.5, 0.6) is 5.75 Å². The molecule has 3 aromatic rings. The molecule has 0 fully saturated rings. The number of ether oxygens (including phenoxy) is 1. The van der Waals surface area contributed by atoms with Crippen LogP contribution in [0.2, 0.25) is 0 Å². The number of aromatic nitrogens is 2. The molecule has 0 aliphatic heterocycles. The molecule has 6 heteroatoms. The fraction of sp³-hybridized carbons (Fsp3) is 0.0588. The van der Waals surface area contributed by atoms with Crippen molar-refractivity contribution >= 4 is 11.6 Å². The Morgan fingerprint density at radius 3 is 2.70 bits per heavy atom. The van der Waals surface area contributed by atoms with Gasteiger partial charge in [-0.15, -0.1) is 0 Å². The molecule has 0 saturated heterocycles. The molecule has 1 amide bonds. The SMILES string of the molecule is COc1ccc(C(=O)Nc2cnn(-c3ccccc3)c2)cc1F. The lowest BCUT2D eigenvalue weighted by atomic mass is 10.2. The second-order valence-electron chi connectivity index (χ2n) is 4.81. The van der Waals surface area contributed by atoms with Crippen molar-refractivity contribution < 1.29 is 13.9 Å². The van der Waals surface area contributed by atoms with Crippen LogP contribution in [0.1, 0.15) is 10.4 Å². The summed E-state index contributed by atoms with van der Waals surface area (Å²) in [5, 5.41) is 6.87. The predicted molar refractivity (Wildman–Crippen MR) is 84.5 cm³/mol. The molecule has 1 heterocycles. The van der Waals surface area contributed by atoms with Gasteiger partial charge in [0.15, 0.2) is 11.6 Å². The lowest BCUT2D eigenvalue weighted by Crippen LogP contribution is -2.11. The molecule has 0 radical (unpaired) electrons. The minimum Gasteiger partial charge on any atom is -0.494 e. The number of amides is 1. The van der Waals surface area contributed by atoms with Crippen LogP contribution < -0.4 is 10.1 Å². The second kappa shape index (κ2) is 6.31. The third-order valence-corrected chi connectivity index (χ3v) is 3.28. The van der Waals surface area contributed by atoms with E-state index in [0.717, 1.165) is 11.8 Å². The van der Waals surface area contributed by atoms with E-state index in [4.69, 9.17) is 4.74 Å². The Kier molecular flexibility index (Phi) is 4.05. The lowest BCUT2D eigenvalue weighted by Gasteiger charge is -2.05. The van der Waals surface area contributed by atoms with Crippen LogP contribution in [0.15, 0.2) is 60.9 Å². The minimum absolute atomic E-state index is 0.0958. The van der Waals surface area contributed by atoms with Crippen LogP contribution >= 0.6 is 0 Å². The number of carbonyl (C=O) groups excluding carboxylic acids is 1. The Morgan fingerprint density at radius 2 is 2.00 bits per heavy atom. The summed E-state index contributed by atoms with van der Waals surface area (Å²) in [6.07, 6.45) is 3.22. The zero-order chi connectivity index (χ0) is 16.2. The van der Waals surface area contributed by atoms with Crippen molar-refractivity contribution in [2.24, 2.45) is 0 Å². The molecule has 1 aromatic heterocycles. The summed E-state index contributed by atoms with van der Waals surface area (Å²) >= 11 is 0. The highest BCUT2D eigenvalue weighted by Crippen LogP contribution is 2.19. The number of hydrogen-bond donors (Lipinski definition) is 1. The first kappa shape index (κ1) is 14.8. The highest BCUT2D eigenvalue weighted by atomic mass is 19.1. The maximum Gasteiger partial charge on any atom is 0.255 e. The minimum atomic E-state index is -0.583. The molecule has 0 saturated carbocycles. The molecule has 0 atom stereocenters. The van der Waals surface area contributed by atoms with Gasteiger partial charge in [-0.25, -0.2) is 9.07 Å². The van der Waals surface area contributed by atoms with E-state index < -0.39 is 11.7 Å². The number of benzene rings is 2. The summed E-state index contributed by atoms with van der Waals surface area (Å²) in [6.45, 7) is 0. The summed E-state index contributed by atoms with van der Waals surface area (Å²) in [6, 6.07) is 13.6. The molecule has 0 bridgehead atoms. The highest BCUT2D eigenvalue weighted by Gasteiger charge is 2.11. The van der Waals surface area contributed by atoms with Crippen molar-refractivity contribution in [2.45, 2.75) is 0 Å². The van der Waals surface area contributed by atoms with Crippen LogP contribution in [0, 0.1) is 5.82 Å². The first-order chi connectivity index (χ1) is 11.2. The lowest BCUT2D eigenvalue weighted by molar-refractivity contribution is 0.102. The van der Waals surface area contributed by atoms with Gasteiger partial charge in [-0.3, -0.25) is 4.79 Å². The van der Waals surface area contributed by atoms with Crippen molar-refractivity contribution in [3.05, 3.63) is 72.3 Å². The summed E-state index contributed by atoms with van der Waals surface area (Å²) in [5.74, 6) is -0.905. The third kappa shape index (κ3) is 3.21. The zero-order valence-electron chi connectivity index (χ0n) is 12.4. The van der Waals surface area contributed by atoms with Gasteiger partial charge in [0.1, 0.15) is 0 Å². The Hall–Kier alpha value is -3.15. The predicted octanol–water partition coefficient (Wildman–Crippen LogP) is 3.27. The van der Waals surface area contributed by atoms with Crippen LogP contribution in [0.3, 0.4) is 0 Å². The van der Waals surface area contributed by atoms with Crippen molar-refractivity contribution in [1.29, 1.82) is 0 Å². The summed E-state index contributed by atoms with van der Waals surface area (Å²) in [7, 11) is 1.37. The molecular formula is C17H14FN3O2. The summed E-state index contributed by atoms with van der Waals surface area (Å²) in [4.78, 5) is 12.2. The Bertz CT molecular complexity index is 831. The summed E-state index contributed by atoms with van der Waals surface area (Å²) < 4.78 is 20.1. The van der Waals surface area contributed by atoms with E-state index in [1.165, 1.54) is 25.4 Å². The molecular weight excluding hydrogens is 297 g/mol. The average molecular weight is 311 g/mol. The molecule has 5 nitrogen and oxygen atoms in total. The quantitative estimate of drug-likeness (QED) is 0.804. The number of para-hydroxylation sites is 1. The van der Waals surface area contributed by atoms with Gasteiger partial charge < -0.3 is 10.1 Å². The average Bonchev–Trinajstić information content (AvgIpc) is 3.04. The van der Waals surface area contributed by atoms with Crippen molar-refractivity contribution in [2.75, 3.05) is 12.4 Å². The molecule has 2 aromatic carbocycles. The van der Waals surface area contributed by atoms with Gasteiger partial charge in [0.25, 0.3) is 5.91 Å². The van der Waals surface area contributed by atoms with Gasteiger partial charge in [-0.05, 0) is 30.3 Å². The molecule has 23 heavy (non-hydrogen) atoms. The van der Waals surface area contributed by atoms with E-state index in [9.17, 15) is 9.18 Å². The molecule has 3 rings (SSSR count). The van der Waals surface area contributed by atoms with E-state index >= 15 is 0 Å². The first-order valence-electron chi connectivity index (χ1n) is 6.92. The largest absolute Gasteiger partial charge is 0.494 e. The number of anilines is 1. The molecule has 0 spiro atoms. The van der Waals surface area contributed by atoms with Gasteiger partial charge in [-0.1, -0.05) is 18.2 Å². The number of nitrogens with zero attached hydrogens (tertiary/aromatic N) is 2. The fourth-order valence-corrected chi connectivity index (χ4v) is 2.12. The van der Waals surface area contributed by atoms with Crippen LogP contribution in [0.4, 0.5) is 10.1 Å². The maximum absolute atomic E-state index is 13.7. The fourth-order valence-electron chi connectivity index (χ4n) is 2.12. The monoisotopic (exact) mass is 311 g/mol.